The van der Waals surface area contributed by atoms with Crippen LogP contribution in [0.25, 0.3) is 5.57 Å². The summed E-state index contributed by atoms with van der Waals surface area (Å²) < 4.78 is 0. The molecule has 0 N–H and O–H groups in total. The average Bonchev–Trinajstić information content (AvgIpc) is 2.38. The summed E-state index contributed by atoms with van der Waals surface area (Å²) in [6.45, 7) is 20.7. The first-order chi connectivity index (χ1) is 9.70. The van der Waals surface area contributed by atoms with Crippen molar-refractivity contribution in [2.24, 2.45) is 4.99 Å². The molecule has 0 radical (unpaired) electrons. The van der Waals surface area contributed by atoms with Gasteiger partial charge in [0.05, 0.1) is 0 Å². The highest BCUT2D eigenvalue weighted by molar-refractivity contribution is 5.82. The molecular weight excluding hydrogens is 254 g/mol. The monoisotopic (exact) mass is 281 g/mol. The van der Waals surface area contributed by atoms with Crippen LogP contribution in [-0.2, 0) is 5.41 Å². The van der Waals surface area contributed by atoms with Crippen LogP contribution in [0.2, 0.25) is 0 Å². The lowest BCUT2D eigenvalue weighted by molar-refractivity contribution is 0.621. The summed E-state index contributed by atoms with van der Waals surface area (Å²) in [4.78, 5) is 4.37. The van der Waals surface area contributed by atoms with Gasteiger partial charge in [-0.3, -0.25) is 4.99 Å². The Balaban J connectivity index is 3.30. The summed E-state index contributed by atoms with van der Waals surface area (Å²) in [6, 6.07) is 6.54. The van der Waals surface area contributed by atoms with E-state index in [2.05, 4.69) is 64.0 Å². The van der Waals surface area contributed by atoms with Crippen molar-refractivity contribution in [2.75, 3.05) is 0 Å². The van der Waals surface area contributed by atoms with Crippen LogP contribution in [0.1, 0.15) is 51.3 Å². The highest BCUT2D eigenvalue weighted by atomic mass is 14.7. The molecule has 0 amide bonds. The molecule has 0 aliphatic heterocycles. The Kier molecular flexibility index (Phi) is 5.48. The van der Waals surface area contributed by atoms with E-state index in [4.69, 9.17) is 0 Å². The Hall–Kier alpha value is -1.89. The fourth-order valence-electron chi connectivity index (χ4n) is 2.22. The molecule has 0 atom stereocenters. The van der Waals surface area contributed by atoms with E-state index in [-0.39, 0.29) is 5.41 Å². The molecule has 0 spiro atoms. The molecule has 0 fully saturated rings. The third kappa shape index (κ3) is 4.04. The van der Waals surface area contributed by atoms with E-state index in [1.54, 1.807) is 0 Å². The molecule has 0 aromatic heterocycles. The maximum Gasteiger partial charge on any atom is 0.0345 e. The molecule has 0 bridgehead atoms. The number of hydrogen-bond acceptors (Lipinski definition) is 1. The minimum atomic E-state index is -0.0151. The largest absolute Gasteiger partial charge is 0.266 e. The number of nitrogens with zero attached hydrogens (tertiary/aromatic N) is 1. The third-order valence-electron chi connectivity index (χ3n) is 3.98. The standard InChI is InChI=1S/C20H27N/c1-9-17(13-21-15(4)5)18-10-11-19(16(6)12-18)20(7,8)14(2)3/h9-13H,1-2H2,3-8H3/b17-13+. The van der Waals surface area contributed by atoms with Crippen molar-refractivity contribution < 1.29 is 0 Å². The second kappa shape index (κ2) is 6.71. The molecule has 0 heterocycles. The molecule has 0 aliphatic carbocycles. The maximum atomic E-state index is 4.37. The van der Waals surface area contributed by atoms with Crippen molar-refractivity contribution >= 4 is 11.3 Å². The van der Waals surface area contributed by atoms with Gasteiger partial charge in [0, 0.05) is 17.3 Å². The normalized spacial score (nSPS) is 12.0. The second-order valence-electron chi connectivity index (χ2n) is 6.30. The van der Waals surface area contributed by atoms with Crippen LogP contribution in [0.15, 0.2) is 54.2 Å². The summed E-state index contributed by atoms with van der Waals surface area (Å²) in [7, 11) is 0. The van der Waals surface area contributed by atoms with E-state index in [0.717, 1.165) is 16.8 Å². The van der Waals surface area contributed by atoms with E-state index < -0.39 is 0 Å². The molecule has 0 saturated heterocycles. The summed E-state index contributed by atoms with van der Waals surface area (Å²) in [6.07, 6.45) is 3.73. The molecule has 0 saturated carbocycles. The minimum Gasteiger partial charge on any atom is -0.266 e. The predicted molar refractivity (Wildman–Crippen MR) is 96.0 cm³/mol. The van der Waals surface area contributed by atoms with Gasteiger partial charge < -0.3 is 0 Å². The lowest BCUT2D eigenvalue weighted by atomic mass is 9.76. The summed E-state index contributed by atoms with van der Waals surface area (Å²) in [5.41, 5.74) is 6.96. The summed E-state index contributed by atoms with van der Waals surface area (Å²) in [5, 5.41) is 0. The van der Waals surface area contributed by atoms with E-state index in [1.807, 2.05) is 26.1 Å². The Bertz CT molecular complexity index is 609. The zero-order valence-electron chi connectivity index (χ0n) is 14.2. The molecule has 0 aliphatic rings. The van der Waals surface area contributed by atoms with Crippen LogP contribution < -0.4 is 0 Å². The highest BCUT2D eigenvalue weighted by Crippen LogP contribution is 2.33. The predicted octanol–water partition coefficient (Wildman–Crippen LogP) is 5.86. The lowest BCUT2D eigenvalue weighted by Gasteiger charge is -2.28. The van der Waals surface area contributed by atoms with Crippen LogP contribution in [0.3, 0.4) is 0 Å². The van der Waals surface area contributed by atoms with Crippen molar-refractivity contribution in [3.8, 4) is 0 Å². The van der Waals surface area contributed by atoms with Gasteiger partial charge in [0.2, 0.25) is 0 Å². The quantitative estimate of drug-likeness (QED) is 0.364. The number of benzene rings is 1. The van der Waals surface area contributed by atoms with Crippen molar-refractivity contribution in [3.63, 3.8) is 0 Å². The van der Waals surface area contributed by atoms with Crippen molar-refractivity contribution in [1.82, 2.24) is 0 Å². The molecule has 112 valence electrons. The Morgan fingerprint density at radius 2 is 1.81 bits per heavy atom. The van der Waals surface area contributed by atoms with Gasteiger partial charge in [-0.2, -0.15) is 0 Å². The van der Waals surface area contributed by atoms with Crippen LogP contribution in [0.5, 0.6) is 0 Å². The Morgan fingerprint density at radius 1 is 1.19 bits per heavy atom. The molecular formula is C20H27N. The van der Waals surface area contributed by atoms with Crippen LogP contribution in [0, 0.1) is 6.92 Å². The fourth-order valence-corrected chi connectivity index (χ4v) is 2.22. The molecule has 1 aromatic carbocycles. The number of rotatable bonds is 5. The second-order valence-corrected chi connectivity index (χ2v) is 6.30. The summed E-state index contributed by atoms with van der Waals surface area (Å²) in [5.74, 6) is 0. The fraction of sp³-hybridized carbons (Fsp3) is 0.350. The molecule has 1 aromatic rings. The molecule has 1 nitrogen and oxygen atoms in total. The van der Waals surface area contributed by atoms with Crippen molar-refractivity contribution in [2.45, 2.75) is 47.0 Å². The van der Waals surface area contributed by atoms with Crippen LogP contribution >= 0.6 is 0 Å². The Labute approximate surface area is 129 Å². The highest BCUT2D eigenvalue weighted by Gasteiger charge is 2.23. The zero-order valence-corrected chi connectivity index (χ0v) is 14.2. The van der Waals surface area contributed by atoms with E-state index in [1.165, 1.54) is 16.7 Å². The number of aliphatic imine (C=N–C) groups is 1. The van der Waals surface area contributed by atoms with E-state index in [9.17, 15) is 0 Å². The SMILES string of the molecule is C=C/C(=C\N=C(C)C)c1ccc(C(C)(C)C(=C)C)c(C)c1. The number of allylic oxidation sites excluding steroid dienone is 3. The van der Waals surface area contributed by atoms with Gasteiger partial charge in [-0.25, -0.2) is 0 Å². The summed E-state index contributed by atoms with van der Waals surface area (Å²) >= 11 is 0. The van der Waals surface area contributed by atoms with Crippen LogP contribution in [-0.4, -0.2) is 5.71 Å². The van der Waals surface area contributed by atoms with E-state index in [0.29, 0.717) is 0 Å². The maximum absolute atomic E-state index is 4.37. The topological polar surface area (TPSA) is 12.4 Å². The van der Waals surface area contributed by atoms with Gasteiger partial charge in [0.1, 0.15) is 0 Å². The van der Waals surface area contributed by atoms with Crippen molar-refractivity contribution in [1.29, 1.82) is 0 Å². The van der Waals surface area contributed by atoms with E-state index >= 15 is 0 Å². The van der Waals surface area contributed by atoms with Gasteiger partial charge in [-0.1, -0.05) is 56.9 Å². The van der Waals surface area contributed by atoms with Crippen molar-refractivity contribution in [3.05, 3.63) is 65.9 Å². The smallest absolute Gasteiger partial charge is 0.0345 e. The average molecular weight is 281 g/mol. The first-order valence-electron chi connectivity index (χ1n) is 7.31. The van der Waals surface area contributed by atoms with Gasteiger partial charge in [0.15, 0.2) is 0 Å². The molecule has 1 rings (SSSR count). The third-order valence-corrected chi connectivity index (χ3v) is 3.98. The van der Waals surface area contributed by atoms with Gasteiger partial charge in [-0.15, -0.1) is 0 Å². The molecule has 0 unspecified atom stereocenters. The van der Waals surface area contributed by atoms with Crippen LogP contribution in [0.4, 0.5) is 0 Å². The first kappa shape index (κ1) is 17.2. The zero-order chi connectivity index (χ0) is 16.2. The number of aryl methyl sites for hydroxylation is 1. The molecule has 21 heavy (non-hydrogen) atoms. The van der Waals surface area contributed by atoms with Gasteiger partial charge >= 0.3 is 0 Å². The first-order valence-corrected chi connectivity index (χ1v) is 7.31. The molecule has 1 heteroatoms. The Morgan fingerprint density at radius 3 is 2.24 bits per heavy atom. The minimum absolute atomic E-state index is 0.0151. The van der Waals surface area contributed by atoms with Gasteiger partial charge in [-0.05, 0) is 50.0 Å². The number of hydrogen-bond donors (Lipinski definition) is 0. The van der Waals surface area contributed by atoms with Gasteiger partial charge in [0.25, 0.3) is 0 Å². The lowest BCUT2D eigenvalue weighted by Crippen LogP contribution is -2.19.